The van der Waals surface area contributed by atoms with E-state index in [4.69, 9.17) is 60.9 Å². The molecule has 4 amide bonds. The number of rotatable bonds is 36. The quantitative estimate of drug-likeness (QED) is 0.0314. The fourth-order valence-corrected chi connectivity index (χ4v) is 5.09. The molecule has 0 aliphatic rings. The molecule has 0 aromatic rings. The van der Waals surface area contributed by atoms with Crippen molar-refractivity contribution < 1.29 is 142 Å². The van der Waals surface area contributed by atoms with Crippen LogP contribution in [0.15, 0.2) is 0 Å². The van der Waals surface area contributed by atoms with Crippen LogP contribution in [0.25, 0.3) is 0 Å². The number of aliphatic hydroxyl groups excluding tert-OH is 3. The molecule has 524 valence electrons. The van der Waals surface area contributed by atoms with Crippen LogP contribution in [0, 0.1) is 27.6 Å². The SMILES string of the molecule is CCC(C)(C)C(=O)NC(CC(=O)O)C(=O)O.CCC(C)(C)C(=O)NC(CO)(CO)CO.CCC(C)(C)C(=O)NCC(=O)O.CCC(C)(C)C(=O)OCCCC(=O)OC(CC(=O)O)(CC(=O)O)C(=O)O.CCC(C)C(=O)NC(C)C(=O)O.COCC(OC)C(=O)O. The first-order chi connectivity index (χ1) is 41.0. The number of methoxy groups -OCH3 is 2. The normalized spacial score (nSPS) is 12.5. The van der Waals surface area contributed by atoms with Crippen LogP contribution in [0.3, 0.4) is 0 Å². The number of aliphatic carboxylic acids is 8. The molecular weight excluding hydrogens is 1200 g/mol. The summed E-state index contributed by atoms with van der Waals surface area (Å²) in [4.78, 5) is 154. The molecule has 0 aromatic heterocycles. The van der Waals surface area contributed by atoms with E-state index in [9.17, 15) is 67.1 Å². The Morgan fingerprint density at radius 3 is 1.27 bits per heavy atom. The predicted octanol–water partition coefficient (Wildman–Crippen LogP) is 1.76. The van der Waals surface area contributed by atoms with Crippen molar-refractivity contribution in [1.82, 2.24) is 21.3 Å². The Hall–Kier alpha value is -7.62. The molecule has 15 N–H and O–H groups in total. The van der Waals surface area contributed by atoms with Crippen molar-refractivity contribution in [3.8, 4) is 0 Å². The third kappa shape index (κ3) is 41.6. The highest BCUT2D eigenvalue weighted by atomic mass is 16.6. The maximum Gasteiger partial charge on any atom is 0.349 e. The Labute approximate surface area is 524 Å². The number of aliphatic hydroxyl groups is 3. The van der Waals surface area contributed by atoms with E-state index >= 15 is 0 Å². The fraction of sp³-hybridized carbons (Fsp3) is 0.754. The van der Waals surface area contributed by atoms with Crippen molar-refractivity contribution in [2.75, 3.05) is 53.8 Å². The van der Waals surface area contributed by atoms with Gasteiger partial charge in [0.2, 0.25) is 29.2 Å². The number of ether oxygens (including phenoxy) is 4. The topological polar surface area (TPSA) is 547 Å². The van der Waals surface area contributed by atoms with Gasteiger partial charge in [-0.2, -0.15) is 0 Å². The van der Waals surface area contributed by atoms with Gasteiger partial charge in [-0.05, 0) is 59.3 Å². The second-order valence-electron chi connectivity index (χ2n) is 22.7. The molecule has 33 heteroatoms. The van der Waals surface area contributed by atoms with Crippen molar-refractivity contribution in [2.45, 2.75) is 197 Å². The number of carboxylic acids is 8. The third-order valence-electron chi connectivity index (χ3n) is 13.6. The summed E-state index contributed by atoms with van der Waals surface area (Å²) < 4.78 is 18.8. The van der Waals surface area contributed by atoms with Gasteiger partial charge in [-0.1, -0.05) is 83.1 Å². The summed E-state index contributed by atoms with van der Waals surface area (Å²) in [7, 11) is 2.76. The summed E-state index contributed by atoms with van der Waals surface area (Å²) in [5.74, 6) is -13.6. The molecular formula is C57H102N4O29. The summed E-state index contributed by atoms with van der Waals surface area (Å²) in [5.41, 5.74) is -6.46. The molecule has 0 fully saturated rings. The molecule has 90 heavy (non-hydrogen) atoms. The van der Waals surface area contributed by atoms with Crippen molar-refractivity contribution in [3.63, 3.8) is 0 Å². The second-order valence-corrected chi connectivity index (χ2v) is 22.7. The number of carbonyl (C=O) groups is 14. The van der Waals surface area contributed by atoms with Gasteiger partial charge in [0.25, 0.3) is 0 Å². The lowest BCUT2D eigenvalue weighted by Crippen LogP contribution is -2.59. The monoisotopic (exact) mass is 1310 g/mol. The number of amides is 4. The molecule has 0 saturated carbocycles. The Morgan fingerprint density at radius 2 is 0.956 bits per heavy atom. The standard InChI is InChI=1S/C16H24O10.C10H17NO5.C10H21NO4.2C8H15NO3.C5H10O4/c1-4-15(2,3)14(24)25-7-5-6-12(21)26-16(13(22)23,8-10(17)18)9-11(19)20;1-4-10(2,3)9(16)11-6(8(14)15)5-7(12)13;1-4-9(2,3)8(15)11-10(5-12,6-13)7-14;1-4-8(2,3)7(12)9-5-6(10)11;1-4-5(2)7(10)9-6(3)8(11)12;1-8-3-4(9-2)5(6)7/h4-9H2,1-3H3,(H,17,18)(H,19,20)(H,22,23);6H,4-5H2,1-3H3,(H,11,16)(H,12,13)(H,14,15);12-14H,4-7H2,1-3H3,(H,11,15);4-5H2,1-3H3,(H,9,12)(H,10,11);5-6H,4H2,1-3H3,(H,9,10)(H,11,12);4H,3H2,1-2H3,(H,6,7). The maximum atomic E-state index is 11.8. The van der Waals surface area contributed by atoms with Gasteiger partial charge in [-0.15, -0.1) is 0 Å². The van der Waals surface area contributed by atoms with E-state index < -0.39 is 156 Å². The molecule has 0 aromatic carbocycles. The highest BCUT2D eigenvalue weighted by Crippen LogP contribution is 2.25. The number of hydrogen-bond donors (Lipinski definition) is 15. The molecule has 0 spiro atoms. The lowest BCUT2D eigenvalue weighted by Gasteiger charge is -2.33. The minimum Gasteiger partial charge on any atom is -0.481 e. The summed E-state index contributed by atoms with van der Waals surface area (Å²) in [5, 5.41) is 106. The van der Waals surface area contributed by atoms with Gasteiger partial charge in [0.1, 0.15) is 24.2 Å². The fourth-order valence-electron chi connectivity index (χ4n) is 5.09. The van der Waals surface area contributed by atoms with Crippen LogP contribution in [0.5, 0.6) is 0 Å². The van der Waals surface area contributed by atoms with E-state index in [0.29, 0.717) is 25.7 Å². The van der Waals surface area contributed by atoms with E-state index in [2.05, 4.69) is 35.5 Å². The van der Waals surface area contributed by atoms with Crippen molar-refractivity contribution >= 4 is 83.3 Å². The molecule has 0 rings (SSSR count). The highest BCUT2D eigenvalue weighted by Gasteiger charge is 2.47. The molecule has 4 unspecified atom stereocenters. The van der Waals surface area contributed by atoms with Crippen LogP contribution in [-0.4, -0.2) is 223 Å². The zero-order valence-corrected chi connectivity index (χ0v) is 54.9. The van der Waals surface area contributed by atoms with Crippen molar-refractivity contribution in [2.24, 2.45) is 27.6 Å². The Bertz CT molecular complexity index is 2270. The minimum atomic E-state index is -2.70. The molecule has 0 aliphatic heterocycles. The van der Waals surface area contributed by atoms with E-state index in [1.807, 2.05) is 27.7 Å². The average molecular weight is 1310 g/mol. The van der Waals surface area contributed by atoms with Gasteiger partial charge in [0.05, 0.1) is 57.7 Å². The summed E-state index contributed by atoms with van der Waals surface area (Å²) >= 11 is 0. The second kappa shape index (κ2) is 46.5. The average Bonchev–Trinajstić information content (AvgIpc) is 1.71. The summed E-state index contributed by atoms with van der Waals surface area (Å²) in [6, 6.07) is -2.18. The number of carbonyl (C=O) groups excluding carboxylic acids is 6. The molecule has 0 bridgehead atoms. The van der Waals surface area contributed by atoms with Crippen LogP contribution in [0.2, 0.25) is 0 Å². The van der Waals surface area contributed by atoms with Crippen molar-refractivity contribution in [3.05, 3.63) is 0 Å². The Kier molecular flexibility index (Phi) is 48.3. The summed E-state index contributed by atoms with van der Waals surface area (Å²) in [6.45, 7) is 24.5. The van der Waals surface area contributed by atoms with Gasteiger partial charge in [0.15, 0.2) is 6.10 Å². The Morgan fingerprint density at radius 1 is 0.522 bits per heavy atom. The smallest absolute Gasteiger partial charge is 0.349 e. The number of esters is 2. The number of hydrogen-bond acceptors (Lipinski definition) is 21. The third-order valence-corrected chi connectivity index (χ3v) is 13.6. The molecule has 0 heterocycles. The number of carboxylic acid groups (broad SMARTS) is 8. The van der Waals surface area contributed by atoms with E-state index in [1.54, 1.807) is 69.2 Å². The van der Waals surface area contributed by atoms with Crippen LogP contribution in [0.1, 0.15) is 168 Å². The number of nitrogens with one attached hydrogen (secondary N) is 4. The van der Waals surface area contributed by atoms with Gasteiger partial charge in [0, 0.05) is 42.8 Å². The first-order valence-corrected chi connectivity index (χ1v) is 28.3. The summed E-state index contributed by atoms with van der Waals surface area (Å²) in [6.07, 6.45) is -1.06. The van der Waals surface area contributed by atoms with E-state index in [-0.39, 0.29) is 56.2 Å². The molecule has 0 saturated heterocycles. The lowest BCUT2D eigenvalue weighted by atomic mass is 9.87. The largest absolute Gasteiger partial charge is 0.481 e. The molecule has 4 atom stereocenters. The van der Waals surface area contributed by atoms with Gasteiger partial charge >= 0.3 is 59.7 Å². The minimum absolute atomic E-state index is 0.0141. The first kappa shape index (κ1) is 93.5. The van der Waals surface area contributed by atoms with Crippen molar-refractivity contribution in [1.29, 1.82) is 0 Å². The van der Waals surface area contributed by atoms with Crippen LogP contribution in [0.4, 0.5) is 0 Å². The predicted molar refractivity (Wildman–Crippen MR) is 317 cm³/mol. The highest BCUT2D eigenvalue weighted by molar-refractivity contribution is 5.91. The van der Waals surface area contributed by atoms with E-state index in [1.165, 1.54) is 21.1 Å². The van der Waals surface area contributed by atoms with Gasteiger partial charge in [-0.25, -0.2) is 14.4 Å². The zero-order valence-electron chi connectivity index (χ0n) is 54.9. The molecule has 0 aliphatic carbocycles. The first-order valence-electron chi connectivity index (χ1n) is 28.3. The van der Waals surface area contributed by atoms with E-state index in [0.717, 1.165) is 6.42 Å². The lowest BCUT2D eigenvalue weighted by molar-refractivity contribution is -0.186. The van der Waals surface area contributed by atoms with Crippen LogP contribution < -0.4 is 21.3 Å². The van der Waals surface area contributed by atoms with Crippen LogP contribution >= 0.6 is 0 Å². The maximum absolute atomic E-state index is 11.8. The van der Waals surface area contributed by atoms with Crippen LogP contribution in [-0.2, 0) is 86.1 Å². The molecule has 33 nitrogen and oxygen atoms in total. The van der Waals surface area contributed by atoms with Gasteiger partial charge < -0.3 is 96.4 Å². The zero-order chi connectivity index (χ0) is 72.4. The Balaban J connectivity index is -0.000000244. The molecule has 0 radical (unpaired) electrons. The van der Waals surface area contributed by atoms with Gasteiger partial charge in [-0.3, -0.25) is 52.7 Å².